The largest absolute Gasteiger partial charge is 0.379 e. The van der Waals surface area contributed by atoms with Gasteiger partial charge in [0, 0.05) is 7.05 Å². The van der Waals surface area contributed by atoms with Crippen LogP contribution < -0.4 is 5.73 Å². The Hall–Kier alpha value is 0.0300. The molecular weight excluding hydrogens is 249 g/mol. The van der Waals surface area contributed by atoms with E-state index in [0.29, 0.717) is 9.50 Å². The number of nitrogens with zero attached hydrogens (tertiary/aromatic N) is 2. The van der Waals surface area contributed by atoms with Crippen LogP contribution in [-0.2, 0) is 5.75 Å². The number of aromatic nitrogens is 1. The summed E-state index contributed by atoms with van der Waals surface area (Å²) in [6, 6.07) is 0. The van der Waals surface area contributed by atoms with Gasteiger partial charge in [0.05, 0.1) is 11.9 Å². The summed E-state index contributed by atoms with van der Waals surface area (Å²) in [7, 11) is 1.66. The average molecular weight is 258 g/mol. The zero-order valence-electron chi connectivity index (χ0n) is 6.86. The van der Waals surface area contributed by atoms with E-state index in [1.165, 1.54) is 23.1 Å². The summed E-state index contributed by atoms with van der Waals surface area (Å²) in [6.45, 7) is 0. The van der Waals surface area contributed by atoms with Gasteiger partial charge in [0.25, 0.3) is 0 Å². The van der Waals surface area contributed by atoms with Gasteiger partial charge in [-0.1, -0.05) is 23.4 Å². The van der Waals surface area contributed by atoms with Gasteiger partial charge < -0.3 is 5.73 Å². The highest BCUT2D eigenvalue weighted by molar-refractivity contribution is 8.13. The lowest BCUT2D eigenvalue weighted by molar-refractivity contribution is 1.27. The molecule has 0 bridgehead atoms. The molecule has 0 saturated carbocycles. The van der Waals surface area contributed by atoms with Crippen molar-refractivity contribution in [2.75, 3.05) is 7.05 Å². The fourth-order valence-electron chi connectivity index (χ4n) is 0.555. The Bertz CT molecular complexity index is 287. The topological polar surface area (TPSA) is 51.3 Å². The number of nitrogens with two attached hydrogens (primary N) is 1. The lowest BCUT2D eigenvalue weighted by Gasteiger charge is -1.94. The number of halogens is 2. The van der Waals surface area contributed by atoms with Crippen LogP contribution in [-0.4, -0.2) is 17.2 Å². The Morgan fingerprint density at radius 1 is 1.85 bits per heavy atom. The first-order chi connectivity index (χ1) is 5.72. The number of rotatable bonds is 2. The van der Waals surface area contributed by atoms with Crippen LogP contribution >= 0.6 is 47.1 Å². The van der Waals surface area contributed by atoms with Crippen LogP contribution in [0.4, 0.5) is 0 Å². The molecule has 0 saturated heterocycles. The third kappa shape index (κ3) is 4.71. The summed E-state index contributed by atoms with van der Waals surface area (Å²) in [4.78, 5) is 7.89. The van der Waals surface area contributed by atoms with Gasteiger partial charge in [-0.15, -0.1) is 23.7 Å². The molecule has 0 aromatic carbocycles. The van der Waals surface area contributed by atoms with Crippen molar-refractivity contribution in [2.24, 2.45) is 10.7 Å². The molecule has 1 aromatic rings. The summed E-state index contributed by atoms with van der Waals surface area (Å²) in [5, 5.41) is 1.54. The number of hydrogen-bond donors (Lipinski definition) is 1. The number of thiazole rings is 1. The second-order valence-corrected chi connectivity index (χ2v) is 4.65. The lowest BCUT2D eigenvalue weighted by atomic mass is 10.8. The van der Waals surface area contributed by atoms with Crippen molar-refractivity contribution in [1.82, 2.24) is 4.98 Å². The minimum Gasteiger partial charge on any atom is -0.379 e. The Morgan fingerprint density at radius 2 is 2.54 bits per heavy atom. The smallest absolute Gasteiger partial charge is 0.154 e. The highest BCUT2D eigenvalue weighted by Gasteiger charge is 2.00. The highest BCUT2D eigenvalue weighted by Crippen LogP contribution is 2.21. The van der Waals surface area contributed by atoms with Gasteiger partial charge in [0.1, 0.15) is 9.34 Å². The third-order valence-electron chi connectivity index (χ3n) is 1.09. The SMILES string of the molecule is CN=C(N)SCc1ncc(Cl)s1.Cl. The zero-order chi connectivity index (χ0) is 8.97. The van der Waals surface area contributed by atoms with E-state index in [4.69, 9.17) is 17.3 Å². The number of amidine groups is 1. The standard InChI is InChI=1S/C6H8ClN3S2.ClH/c1-9-6(8)11-3-5-10-2-4(7)12-5;/h2H,3H2,1H3,(H2,8,9);1H. The second-order valence-electron chi connectivity index (χ2n) is 1.91. The molecule has 0 atom stereocenters. The molecule has 0 radical (unpaired) electrons. The highest BCUT2D eigenvalue weighted by atomic mass is 35.5. The normalized spacial score (nSPS) is 11.1. The van der Waals surface area contributed by atoms with Gasteiger partial charge in [-0.25, -0.2) is 4.98 Å². The average Bonchev–Trinajstić information content (AvgIpc) is 2.47. The van der Waals surface area contributed by atoms with Gasteiger partial charge in [0.2, 0.25) is 0 Å². The molecule has 0 fully saturated rings. The summed E-state index contributed by atoms with van der Waals surface area (Å²) < 4.78 is 0.706. The quantitative estimate of drug-likeness (QED) is 0.654. The fraction of sp³-hybridized carbons (Fsp3) is 0.333. The second kappa shape index (κ2) is 6.48. The molecule has 1 rings (SSSR count). The van der Waals surface area contributed by atoms with Gasteiger partial charge in [-0.2, -0.15) is 0 Å². The molecular formula is C6H9Cl2N3S2. The van der Waals surface area contributed by atoms with Crippen LogP contribution in [0.25, 0.3) is 0 Å². The lowest BCUT2D eigenvalue weighted by Crippen LogP contribution is -2.05. The molecule has 0 aliphatic heterocycles. The number of thioether (sulfide) groups is 1. The molecule has 1 heterocycles. The number of aliphatic imine (C=N–C) groups is 1. The van der Waals surface area contributed by atoms with E-state index in [0.717, 1.165) is 10.8 Å². The summed E-state index contributed by atoms with van der Waals surface area (Å²) in [5.41, 5.74) is 5.48. The van der Waals surface area contributed by atoms with E-state index < -0.39 is 0 Å². The molecule has 0 aliphatic rings. The maximum atomic E-state index is 5.69. The van der Waals surface area contributed by atoms with Crippen molar-refractivity contribution >= 4 is 52.3 Å². The summed E-state index contributed by atoms with van der Waals surface area (Å²) in [5.74, 6) is 0.737. The molecule has 0 unspecified atom stereocenters. The van der Waals surface area contributed by atoms with Crippen LogP contribution in [0.2, 0.25) is 4.34 Å². The molecule has 3 nitrogen and oxygen atoms in total. The molecule has 74 valence electrons. The van der Waals surface area contributed by atoms with Crippen molar-refractivity contribution in [2.45, 2.75) is 5.75 Å². The van der Waals surface area contributed by atoms with Gasteiger partial charge in [0.15, 0.2) is 5.17 Å². The monoisotopic (exact) mass is 257 g/mol. The predicted molar refractivity (Wildman–Crippen MR) is 63.2 cm³/mol. The van der Waals surface area contributed by atoms with Crippen LogP contribution in [0, 0.1) is 0 Å². The first kappa shape index (κ1) is 13.0. The van der Waals surface area contributed by atoms with E-state index in [1.807, 2.05) is 0 Å². The molecule has 13 heavy (non-hydrogen) atoms. The molecule has 0 amide bonds. The van der Waals surface area contributed by atoms with Crippen LogP contribution in [0.5, 0.6) is 0 Å². The van der Waals surface area contributed by atoms with Crippen molar-refractivity contribution in [3.05, 3.63) is 15.5 Å². The number of hydrogen-bond acceptors (Lipinski definition) is 4. The van der Waals surface area contributed by atoms with Gasteiger partial charge >= 0.3 is 0 Å². The summed E-state index contributed by atoms with van der Waals surface area (Å²) >= 11 is 8.62. The molecule has 2 N–H and O–H groups in total. The first-order valence-corrected chi connectivity index (χ1v) is 5.35. The van der Waals surface area contributed by atoms with E-state index in [2.05, 4.69) is 9.98 Å². The van der Waals surface area contributed by atoms with Crippen LogP contribution in [0.15, 0.2) is 11.2 Å². The molecule has 1 aromatic heterocycles. The molecule has 0 aliphatic carbocycles. The third-order valence-corrected chi connectivity index (χ3v) is 3.28. The Morgan fingerprint density at radius 3 is 3.00 bits per heavy atom. The predicted octanol–water partition coefficient (Wildman–Crippen LogP) is 2.40. The minimum absolute atomic E-state index is 0. The fourth-order valence-corrected chi connectivity index (χ4v) is 2.19. The maximum absolute atomic E-state index is 5.69. The Kier molecular flexibility index (Phi) is 6.49. The zero-order valence-corrected chi connectivity index (χ0v) is 10.1. The summed E-state index contributed by atoms with van der Waals surface area (Å²) in [6.07, 6.45) is 1.64. The molecule has 7 heteroatoms. The van der Waals surface area contributed by atoms with Crippen molar-refractivity contribution in [1.29, 1.82) is 0 Å². The van der Waals surface area contributed by atoms with Crippen molar-refractivity contribution in [3.8, 4) is 0 Å². The maximum Gasteiger partial charge on any atom is 0.154 e. The van der Waals surface area contributed by atoms with E-state index in [1.54, 1.807) is 13.2 Å². The van der Waals surface area contributed by atoms with E-state index >= 15 is 0 Å². The van der Waals surface area contributed by atoms with Gasteiger partial charge in [-0.05, 0) is 0 Å². The van der Waals surface area contributed by atoms with E-state index in [9.17, 15) is 0 Å². The molecule has 0 spiro atoms. The minimum atomic E-state index is 0. The van der Waals surface area contributed by atoms with Crippen molar-refractivity contribution < 1.29 is 0 Å². The Balaban J connectivity index is 0.00000144. The van der Waals surface area contributed by atoms with Crippen LogP contribution in [0.3, 0.4) is 0 Å². The first-order valence-electron chi connectivity index (χ1n) is 3.17. The van der Waals surface area contributed by atoms with E-state index in [-0.39, 0.29) is 12.4 Å². The van der Waals surface area contributed by atoms with Crippen LogP contribution in [0.1, 0.15) is 5.01 Å². The Labute approximate surface area is 96.2 Å². The van der Waals surface area contributed by atoms with Gasteiger partial charge in [-0.3, -0.25) is 4.99 Å². The van der Waals surface area contributed by atoms with Crippen molar-refractivity contribution in [3.63, 3.8) is 0 Å².